The fourth-order valence-corrected chi connectivity index (χ4v) is 2.21. The molecule has 3 rings (SSSR count). The molecule has 0 spiro atoms. The highest BCUT2D eigenvalue weighted by molar-refractivity contribution is 5.67. The molecular weight excluding hydrogens is 252 g/mol. The Balaban J connectivity index is 1.72. The van der Waals surface area contributed by atoms with Crippen LogP contribution in [0, 0.1) is 6.92 Å². The number of benzene rings is 1. The van der Waals surface area contributed by atoms with Crippen LogP contribution in [0.4, 0.5) is 6.01 Å². The Morgan fingerprint density at radius 2 is 1.95 bits per heavy atom. The zero-order valence-corrected chi connectivity index (χ0v) is 11.5. The van der Waals surface area contributed by atoms with E-state index in [1.807, 2.05) is 24.3 Å². The first kappa shape index (κ1) is 12.9. The van der Waals surface area contributed by atoms with E-state index in [4.69, 9.17) is 4.42 Å². The van der Waals surface area contributed by atoms with Crippen molar-refractivity contribution >= 4 is 18.2 Å². The van der Waals surface area contributed by atoms with Crippen molar-refractivity contribution in [3.05, 3.63) is 41.3 Å². The van der Waals surface area contributed by atoms with E-state index in [1.165, 1.54) is 5.56 Å². The summed E-state index contributed by atoms with van der Waals surface area (Å²) in [6, 6.07) is 8.81. The van der Waals surface area contributed by atoms with Crippen molar-refractivity contribution in [1.29, 1.82) is 0 Å². The van der Waals surface area contributed by atoms with Crippen LogP contribution in [-0.2, 0) is 0 Å². The molecule has 2 heterocycles. The Morgan fingerprint density at radius 3 is 2.75 bits per heavy atom. The molecule has 0 amide bonds. The van der Waals surface area contributed by atoms with E-state index in [9.17, 15) is 0 Å². The van der Waals surface area contributed by atoms with Gasteiger partial charge in [-0.1, -0.05) is 29.4 Å². The zero-order valence-electron chi connectivity index (χ0n) is 11.5. The second-order valence-electron chi connectivity index (χ2n) is 4.85. The van der Waals surface area contributed by atoms with Crippen molar-refractivity contribution in [3.8, 4) is 0 Å². The van der Waals surface area contributed by atoms with Gasteiger partial charge in [-0.2, -0.15) is 0 Å². The minimum Gasteiger partial charge on any atom is -0.404 e. The number of nitrogens with zero attached hydrogens (tertiary/aromatic N) is 3. The van der Waals surface area contributed by atoms with Gasteiger partial charge in [0, 0.05) is 32.3 Å². The number of aromatic nitrogens is 2. The van der Waals surface area contributed by atoms with Crippen LogP contribution < -0.4 is 10.2 Å². The molecule has 1 N–H and O–H groups in total. The molecule has 1 saturated heterocycles. The predicted molar refractivity (Wildman–Crippen MR) is 79.5 cm³/mol. The number of anilines is 1. The number of nitrogens with one attached hydrogen (secondary N) is 1. The summed E-state index contributed by atoms with van der Waals surface area (Å²) in [7, 11) is 0. The number of hydrogen-bond acceptors (Lipinski definition) is 5. The Kier molecular flexibility index (Phi) is 3.78. The molecule has 0 atom stereocenters. The maximum absolute atomic E-state index is 5.67. The van der Waals surface area contributed by atoms with E-state index in [1.54, 1.807) is 0 Å². The van der Waals surface area contributed by atoms with Crippen LogP contribution in [0.5, 0.6) is 0 Å². The first-order valence-electron chi connectivity index (χ1n) is 6.86. The third-order valence-electron chi connectivity index (χ3n) is 3.41. The summed E-state index contributed by atoms with van der Waals surface area (Å²) in [4.78, 5) is 2.11. The molecule has 1 aromatic carbocycles. The van der Waals surface area contributed by atoms with Crippen molar-refractivity contribution in [2.24, 2.45) is 0 Å². The van der Waals surface area contributed by atoms with Crippen molar-refractivity contribution in [3.63, 3.8) is 0 Å². The largest absolute Gasteiger partial charge is 0.404 e. The Morgan fingerprint density at radius 1 is 1.15 bits per heavy atom. The summed E-state index contributed by atoms with van der Waals surface area (Å²) in [5.74, 6) is 0.543. The van der Waals surface area contributed by atoms with Gasteiger partial charge in [-0.3, -0.25) is 0 Å². The summed E-state index contributed by atoms with van der Waals surface area (Å²) in [5.41, 5.74) is 2.39. The first-order chi connectivity index (χ1) is 9.83. The Labute approximate surface area is 118 Å². The molecule has 1 aromatic heterocycles. The molecule has 20 heavy (non-hydrogen) atoms. The molecule has 5 heteroatoms. The molecule has 0 bridgehead atoms. The standard InChI is InChI=1S/C15H18N4O/c1-12-4-2-3-5-13(12)6-7-14-17-18-15(20-14)19-10-8-16-9-11-19/h2-7,16H,8-11H2,1H3/b7-6+. The van der Waals surface area contributed by atoms with Crippen molar-refractivity contribution < 1.29 is 4.42 Å². The minimum atomic E-state index is 0.543. The average molecular weight is 270 g/mol. The van der Waals surface area contributed by atoms with Gasteiger partial charge < -0.3 is 14.6 Å². The molecule has 1 aliphatic rings. The monoisotopic (exact) mass is 270 g/mol. The van der Waals surface area contributed by atoms with Crippen LogP contribution in [0.15, 0.2) is 28.7 Å². The highest BCUT2D eigenvalue weighted by atomic mass is 16.4. The highest BCUT2D eigenvalue weighted by Crippen LogP contribution is 2.16. The molecule has 0 aliphatic carbocycles. The SMILES string of the molecule is Cc1ccccc1/C=C/c1nnc(N2CCNCC2)o1. The summed E-state index contributed by atoms with van der Waals surface area (Å²) in [5, 5.41) is 11.5. The van der Waals surface area contributed by atoms with E-state index in [0.717, 1.165) is 31.7 Å². The highest BCUT2D eigenvalue weighted by Gasteiger charge is 2.15. The fraction of sp³-hybridized carbons (Fsp3) is 0.333. The maximum atomic E-state index is 5.67. The summed E-state index contributed by atoms with van der Waals surface area (Å²) < 4.78 is 5.67. The molecular formula is C15H18N4O. The van der Waals surface area contributed by atoms with Crippen LogP contribution in [0.25, 0.3) is 12.2 Å². The number of aryl methyl sites for hydroxylation is 1. The van der Waals surface area contributed by atoms with Crippen LogP contribution in [0.2, 0.25) is 0 Å². The Bertz CT molecular complexity index is 599. The lowest BCUT2D eigenvalue weighted by Gasteiger charge is -2.24. The first-order valence-corrected chi connectivity index (χ1v) is 6.86. The van der Waals surface area contributed by atoms with Gasteiger partial charge >= 0.3 is 6.01 Å². The van der Waals surface area contributed by atoms with Crippen LogP contribution in [0.3, 0.4) is 0 Å². The van der Waals surface area contributed by atoms with Crippen LogP contribution >= 0.6 is 0 Å². The second kappa shape index (κ2) is 5.88. The van der Waals surface area contributed by atoms with E-state index in [0.29, 0.717) is 11.9 Å². The van der Waals surface area contributed by atoms with E-state index >= 15 is 0 Å². The van der Waals surface area contributed by atoms with E-state index in [-0.39, 0.29) is 0 Å². The molecule has 104 valence electrons. The van der Waals surface area contributed by atoms with Gasteiger partial charge in [0.15, 0.2) is 0 Å². The van der Waals surface area contributed by atoms with Crippen molar-refractivity contribution in [1.82, 2.24) is 15.5 Å². The molecule has 1 fully saturated rings. The molecule has 0 saturated carbocycles. The number of rotatable bonds is 3. The van der Waals surface area contributed by atoms with Gasteiger partial charge in [-0.15, -0.1) is 5.10 Å². The topological polar surface area (TPSA) is 54.2 Å². The van der Waals surface area contributed by atoms with Gasteiger partial charge in [0.25, 0.3) is 0 Å². The summed E-state index contributed by atoms with van der Waals surface area (Å²) in [6.45, 7) is 5.81. The fourth-order valence-electron chi connectivity index (χ4n) is 2.21. The lowest BCUT2D eigenvalue weighted by Crippen LogP contribution is -2.43. The van der Waals surface area contributed by atoms with Crippen LogP contribution in [-0.4, -0.2) is 36.4 Å². The minimum absolute atomic E-state index is 0.543. The normalized spacial score (nSPS) is 15.9. The van der Waals surface area contributed by atoms with E-state index in [2.05, 4.69) is 39.5 Å². The van der Waals surface area contributed by atoms with Gasteiger partial charge in [-0.05, 0) is 24.1 Å². The smallest absolute Gasteiger partial charge is 0.318 e. The van der Waals surface area contributed by atoms with Gasteiger partial charge in [0.2, 0.25) is 5.89 Å². The lowest BCUT2D eigenvalue weighted by molar-refractivity contribution is 0.493. The van der Waals surface area contributed by atoms with Gasteiger partial charge in [0.05, 0.1) is 0 Å². The Hall–Kier alpha value is -2.14. The third kappa shape index (κ3) is 2.88. The van der Waals surface area contributed by atoms with Crippen molar-refractivity contribution in [2.45, 2.75) is 6.92 Å². The summed E-state index contributed by atoms with van der Waals surface area (Å²) >= 11 is 0. The molecule has 2 aromatic rings. The second-order valence-corrected chi connectivity index (χ2v) is 4.85. The van der Waals surface area contributed by atoms with Crippen LogP contribution in [0.1, 0.15) is 17.0 Å². The summed E-state index contributed by atoms with van der Waals surface area (Å²) in [6.07, 6.45) is 3.87. The zero-order chi connectivity index (χ0) is 13.8. The van der Waals surface area contributed by atoms with Gasteiger partial charge in [-0.25, -0.2) is 0 Å². The third-order valence-corrected chi connectivity index (χ3v) is 3.41. The molecule has 1 aliphatic heterocycles. The van der Waals surface area contributed by atoms with Crippen molar-refractivity contribution in [2.75, 3.05) is 31.1 Å². The lowest BCUT2D eigenvalue weighted by atomic mass is 10.1. The quantitative estimate of drug-likeness (QED) is 0.924. The maximum Gasteiger partial charge on any atom is 0.318 e. The number of hydrogen-bond donors (Lipinski definition) is 1. The molecule has 0 unspecified atom stereocenters. The predicted octanol–water partition coefficient (Wildman–Crippen LogP) is 1.96. The molecule has 5 nitrogen and oxygen atoms in total. The average Bonchev–Trinajstić information content (AvgIpc) is 2.96. The molecule has 0 radical (unpaired) electrons. The van der Waals surface area contributed by atoms with E-state index < -0.39 is 0 Å². The number of piperazine rings is 1. The van der Waals surface area contributed by atoms with Gasteiger partial charge in [0.1, 0.15) is 0 Å².